The highest BCUT2D eigenvalue weighted by Gasteiger charge is 2.18. The third-order valence-electron chi connectivity index (χ3n) is 2.29. The molecule has 3 N–H and O–H groups in total. The molecule has 0 aliphatic carbocycles. The Balaban J connectivity index is 2.98. The van der Waals surface area contributed by atoms with Crippen LogP contribution in [0, 0.1) is 0 Å². The maximum absolute atomic E-state index is 12.1. The Morgan fingerprint density at radius 1 is 1.50 bits per heavy atom. The van der Waals surface area contributed by atoms with Gasteiger partial charge in [0.25, 0.3) is 0 Å². The maximum Gasteiger partial charge on any atom is 0.240 e. The molecule has 1 atom stereocenters. The van der Waals surface area contributed by atoms with Crippen LogP contribution in [0.1, 0.15) is 6.92 Å². The highest BCUT2D eigenvalue weighted by Crippen LogP contribution is 2.24. The van der Waals surface area contributed by atoms with E-state index in [0.717, 1.165) is 0 Å². The van der Waals surface area contributed by atoms with Crippen LogP contribution in [-0.4, -0.2) is 33.6 Å². The minimum Gasteiger partial charge on any atom is -0.495 e. The summed E-state index contributed by atoms with van der Waals surface area (Å²) in [6.07, 6.45) is 1.93. The van der Waals surface area contributed by atoms with Crippen molar-refractivity contribution in [1.82, 2.24) is 4.72 Å². The SMILES string of the molecule is COc1cc(S(=O)(=O)NC(C)CSC)ccc1N. The van der Waals surface area contributed by atoms with E-state index in [-0.39, 0.29) is 10.9 Å². The normalized spacial score (nSPS) is 13.3. The summed E-state index contributed by atoms with van der Waals surface area (Å²) in [5.74, 6) is 1.07. The molecule has 18 heavy (non-hydrogen) atoms. The molecule has 0 fully saturated rings. The van der Waals surface area contributed by atoms with Gasteiger partial charge in [0.05, 0.1) is 17.7 Å². The van der Waals surface area contributed by atoms with Crippen LogP contribution in [0.4, 0.5) is 5.69 Å². The van der Waals surface area contributed by atoms with Crippen LogP contribution < -0.4 is 15.2 Å². The third kappa shape index (κ3) is 3.79. The second-order valence-corrected chi connectivity index (χ2v) is 6.51. The average molecular weight is 290 g/mol. The molecule has 1 aromatic carbocycles. The van der Waals surface area contributed by atoms with Gasteiger partial charge in [-0.2, -0.15) is 11.8 Å². The Hall–Kier alpha value is -0.920. The van der Waals surface area contributed by atoms with Crippen molar-refractivity contribution in [2.75, 3.05) is 24.9 Å². The molecule has 5 nitrogen and oxygen atoms in total. The molecule has 1 rings (SSSR count). The van der Waals surface area contributed by atoms with E-state index < -0.39 is 10.0 Å². The number of thioether (sulfide) groups is 1. The molecule has 0 heterocycles. The lowest BCUT2D eigenvalue weighted by molar-refractivity contribution is 0.415. The lowest BCUT2D eigenvalue weighted by atomic mass is 10.3. The summed E-state index contributed by atoms with van der Waals surface area (Å²) in [7, 11) is -2.08. The predicted molar refractivity (Wildman–Crippen MR) is 75.6 cm³/mol. The van der Waals surface area contributed by atoms with E-state index in [0.29, 0.717) is 17.2 Å². The first kappa shape index (κ1) is 15.1. The van der Waals surface area contributed by atoms with Gasteiger partial charge in [-0.25, -0.2) is 13.1 Å². The van der Waals surface area contributed by atoms with Gasteiger partial charge in [0.2, 0.25) is 10.0 Å². The second-order valence-electron chi connectivity index (χ2n) is 3.88. The number of benzene rings is 1. The number of nitrogens with one attached hydrogen (secondary N) is 1. The summed E-state index contributed by atoms with van der Waals surface area (Å²) in [5.41, 5.74) is 6.06. The van der Waals surface area contributed by atoms with Gasteiger partial charge < -0.3 is 10.5 Å². The molecule has 0 bridgehead atoms. The van der Waals surface area contributed by atoms with Crippen molar-refractivity contribution in [2.45, 2.75) is 17.9 Å². The molecule has 102 valence electrons. The number of nitrogens with two attached hydrogens (primary N) is 1. The van der Waals surface area contributed by atoms with Gasteiger partial charge in [0, 0.05) is 17.9 Å². The third-order valence-corrected chi connectivity index (χ3v) is 4.71. The van der Waals surface area contributed by atoms with Crippen molar-refractivity contribution in [3.63, 3.8) is 0 Å². The summed E-state index contributed by atoms with van der Waals surface area (Å²) in [6.45, 7) is 1.82. The smallest absolute Gasteiger partial charge is 0.240 e. The van der Waals surface area contributed by atoms with Gasteiger partial charge in [-0.1, -0.05) is 0 Å². The summed E-state index contributed by atoms with van der Waals surface area (Å²) in [6, 6.07) is 4.27. The zero-order valence-corrected chi connectivity index (χ0v) is 12.3. The van der Waals surface area contributed by atoms with Crippen LogP contribution in [0.2, 0.25) is 0 Å². The van der Waals surface area contributed by atoms with Gasteiger partial charge in [0.1, 0.15) is 5.75 Å². The van der Waals surface area contributed by atoms with Crippen LogP contribution in [-0.2, 0) is 10.0 Å². The molecule has 1 aromatic rings. The Morgan fingerprint density at radius 3 is 2.72 bits per heavy atom. The molecule has 0 aliphatic rings. The van der Waals surface area contributed by atoms with Gasteiger partial charge in [-0.05, 0) is 25.3 Å². The average Bonchev–Trinajstić information content (AvgIpc) is 2.28. The minimum absolute atomic E-state index is 0.131. The zero-order chi connectivity index (χ0) is 13.8. The monoisotopic (exact) mass is 290 g/mol. The Morgan fingerprint density at radius 2 is 2.17 bits per heavy atom. The summed E-state index contributed by atoms with van der Waals surface area (Å²) >= 11 is 1.58. The van der Waals surface area contributed by atoms with Crippen LogP contribution in [0.5, 0.6) is 5.75 Å². The highest BCUT2D eigenvalue weighted by molar-refractivity contribution is 7.98. The first-order valence-corrected chi connectivity index (χ1v) is 8.23. The van der Waals surface area contributed by atoms with Crippen molar-refractivity contribution in [3.05, 3.63) is 18.2 Å². The fourth-order valence-corrected chi connectivity index (χ4v) is 3.42. The van der Waals surface area contributed by atoms with Crippen molar-refractivity contribution in [1.29, 1.82) is 0 Å². The maximum atomic E-state index is 12.1. The van der Waals surface area contributed by atoms with Crippen LogP contribution in [0.3, 0.4) is 0 Å². The van der Waals surface area contributed by atoms with E-state index in [4.69, 9.17) is 10.5 Å². The van der Waals surface area contributed by atoms with E-state index in [1.807, 2.05) is 13.2 Å². The van der Waals surface area contributed by atoms with Gasteiger partial charge in [-0.3, -0.25) is 0 Å². The minimum atomic E-state index is -3.53. The van der Waals surface area contributed by atoms with Crippen molar-refractivity contribution < 1.29 is 13.2 Å². The van der Waals surface area contributed by atoms with E-state index in [9.17, 15) is 8.42 Å². The molecule has 0 radical (unpaired) electrons. The van der Waals surface area contributed by atoms with E-state index in [2.05, 4.69) is 4.72 Å². The van der Waals surface area contributed by atoms with E-state index in [1.54, 1.807) is 11.8 Å². The van der Waals surface area contributed by atoms with Crippen molar-refractivity contribution in [3.8, 4) is 5.75 Å². The number of methoxy groups -OCH3 is 1. The first-order valence-electron chi connectivity index (χ1n) is 5.35. The Kier molecular flexibility index (Phi) is 5.30. The summed E-state index contributed by atoms with van der Waals surface area (Å²) in [4.78, 5) is 0.154. The number of hydrogen-bond donors (Lipinski definition) is 2. The molecule has 1 unspecified atom stereocenters. The fraction of sp³-hybridized carbons (Fsp3) is 0.455. The predicted octanol–water partition coefficient (Wildman–Crippen LogP) is 1.31. The van der Waals surface area contributed by atoms with Crippen LogP contribution in [0.25, 0.3) is 0 Å². The Labute approximate surface area is 112 Å². The lowest BCUT2D eigenvalue weighted by Crippen LogP contribution is -2.34. The number of hydrogen-bond acceptors (Lipinski definition) is 5. The first-order chi connectivity index (χ1) is 8.40. The van der Waals surface area contributed by atoms with Gasteiger partial charge in [-0.15, -0.1) is 0 Å². The molecular formula is C11H18N2O3S2. The van der Waals surface area contributed by atoms with Gasteiger partial charge >= 0.3 is 0 Å². The van der Waals surface area contributed by atoms with Crippen LogP contribution in [0.15, 0.2) is 23.1 Å². The van der Waals surface area contributed by atoms with Gasteiger partial charge in [0.15, 0.2) is 0 Å². The molecule has 0 amide bonds. The lowest BCUT2D eigenvalue weighted by Gasteiger charge is -2.14. The number of anilines is 1. The molecule has 0 saturated heterocycles. The molecule has 0 saturated carbocycles. The largest absolute Gasteiger partial charge is 0.495 e. The molecule has 0 aromatic heterocycles. The quantitative estimate of drug-likeness (QED) is 0.772. The Bertz CT molecular complexity index is 503. The number of nitrogen functional groups attached to an aromatic ring is 1. The molecule has 0 spiro atoms. The highest BCUT2D eigenvalue weighted by atomic mass is 32.2. The number of ether oxygens (including phenoxy) is 1. The summed E-state index contributed by atoms with van der Waals surface area (Å²) < 4.78 is 31.8. The fourth-order valence-electron chi connectivity index (χ4n) is 1.48. The second kappa shape index (κ2) is 6.31. The number of sulfonamides is 1. The molecular weight excluding hydrogens is 272 g/mol. The van der Waals surface area contributed by atoms with E-state index >= 15 is 0 Å². The number of rotatable bonds is 6. The summed E-state index contributed by atoms with van der Waals surface area (Å²) in [5, 5.41) is 0. The zero-order valence-electron chi connectivity index (χ0n) is 10.6. The molecule has 7 heteroatoms. The molecule has 0 aliphatic heterocycles. The topological polar surface area (TPSA) is 81.4 Å². The van der Waals surface area contributed by atoms with E-state index in [1.165, 1.54) is 25.3 Å². The van der Waals surface area contributed by atoms with Crippen molar-refractivity contribution in [2.24, 2.45) is 0 Å². The standard InChI is InChI=1S/C11H18N2O3S2/c1-8(7-17-3)13-18(14,15)9-4-5-10(12)11(6-9)16-2/h4-6,8,13H,7,12H2,1-3H3. The van der Waals surface area contributed by atoms with Crippen molar-refractivity contribution >= 4 is 27.5 Å². The van der Waals surface area contributed by atoms with Crippen LogP contribution >= 0.6 is 11.8 Å².